The summed E-state index contributed by atoms with van der Waals surface area (Å²) in [6.45, 7) is 6.80. The maximum Gasteiger partial charge on any atom is 0.273 e. The number of nitro benzene ring substituents is 1. The van der Waals surface area contributed by atoms with Crippen LogP contribution in [0.5, 0.6) is 11.5 Å². The monoisotopic (exact) mass is 315 g/mol. The van der Waals surface area contributed by atoms with Crippen molar-refractivity contribution < 1.29 is 14.4 Å². The molecule has 5 heteroatoms. The first kappa shape index (κ1) is 16.8. The van der Waals surface area contributed by atoms with Gasteiger partial charge in [0.25, 0.3) is 5.69 Å². The fourth-order valence-corrected chi connectivity index (χ4v) is 2.15. The van der Waals surface area contributed by atoms with Crippen LogP contribution in [-0.2, 0) is 12.0 Å². The highest BCUT2D eigenvalue weighted by molar-refractivity contribution is 5.48. The van der Waals surface area contributed by atoms with E-state index in [1.807, 2.05) is 12.1 Å². The van der Waals surface area contributed by atoms with Gasteiger partial charge in [0.05, 0.1) is 18.1 Å². The Kier molecular flexibility index (Phi) is 4.89. The summed E-state index contributed by atoms with van der Waals surface area (Å²) in [4.78, 5) is 10.4. The van der Waals surface area contributed by atoms with Crippen LogP contribution in [-0.4, -0.2) is 12.0 Å². The average molecular weight is 315 g/mol. The Morgan fingerprint density at radius 3 is 2.22 bits per heavy atom. The quantitative estimate of drug-likeness (QED) is 0.603. The number of methoxy groups -OCH3 is 1. The summed E-state index contributed by atoms with van der Waals surface area (Å²) in [5.41, 5.74) is 2.31. The van der Waals surface area contributed by atoms with Crippen molar-refractivity contribution in [2.75, 3.05) is 7.11 Å². The molecule has 0 amide bonds. The molecule has 2 aromatic rings. The highest BCUT2D eigenvalue weighted by Crippen LogP contribution is 2.32. The molecule has 0 aromatic heterocycles. The van der Waals surface area contributed by atoms with Crippen LogP contribution < -0.4 is 9.47 Å². The summed E-state index contributed by atoms with van der Waals surface area (Å²) in [6.07, 6.45) is 0. The van der Waals surface area contributed by atoms with Gasteiger partial charge in [-0.25, -0.2) is 0 Å². The predicted molar refractivity (Wildman–Crippen MR) is 89.1 cm³/mol. The molecule has 2 rings (SSSR count). The fraction of sp³-hybridized carbons (Fsp3) is 0.333. The standard InChI is InChI=1S/C18H21NO4/c1-18(2,3)14-7-5-13(6-8-14)12-23-17-11-15(19(20)21)9-10-16(17)22-4/h5-11H,12H2,1-4H3. The van der Waals surface area contributed by atoms with Gasteiger partial charge in [0.15, 0.2) is 11.5 Å². The molecule has 0 unspecified atom stereocenters. The van der Waals surface area contributed by atoms with Gasteiger partial charge in [0.1, 0.15) is 6.61 Å². The van der Waals surface area contributed by atoms with E-state index < -0.39 is 4.92 Å². The second-order valence-corrected chi connectivity index (χ2v) is 6.33. The molecule has 23 heavy (non-hydrogen) atoms. The van der Waals surface area contributed by atoms with E-state index in [1.54, 1.807) is 0 Å². The number of hydrogen-bond donors (Lipinski definition) is 0. The fourth-order valence-electron chi connectivity index (χ4n) is 2.15. The Balaban J connectivity index is 2.14. The average Bonchev–Trinajstić information content (AvgIpc) is 2.52. The SMILES string of the molecule is COc1ccc([N+](=O)[O-])cc1OCc1ccc(C(C)(C)C)cc1. The molecular weight excluding hydrogens is 294 g/mol. The molecule has 0 spiro atoms. The van der Waals surface area contributed by atoms with Crippen LogP contribution >= 0.6 is 0 Å². The molecule has 2 aromatic carbocycles. The van der Waals surface area contributed by atoms with Crippen molar-refractivity contribution in [2.45, 2.75) is 32.8 Å². The first-order valence-electron chi connectivity index (χ1n) is 7.36. The number of hydrogen-bond acceptors (Lipinski definition) is 4. The minimum atomic E-state index is -0.454. The summed E-state index contributed by atoms with van der Waals surface area (Å²) in [5.74, 6) is 0.837. The third-order valence-corrected chi connectivity index (χ3v) is 3.57. The van der Waals surface area contributed by atoms with Crippen LogP contribution in [0.4, 0.5) is 5.69 Å². The number of nitro groups is 1. The Morgan fingerprint density at radius 2 is 1.70 bits per heavy atom. The second-order valence-electron chi connectivity index (χ2n) is 6.33. The number of rotatable bonds is 5. The van der Waals surface area contributed by atoms with Crippen LogP contribution in [0.1, 0.15) is 31.9 Å². The molecule has 0 saturated carbocycles. The lowest BCUT2D eigenvalue weighted by molar-refractivity contribution is -0.385. The molecule has 0 bridgehead atoms. The van der Waals surface area contributed by atoms with E-state index in [0.29, 0.717) is 18.1 Å². The van der Waals surface area contributed by atoms with Gasteiger partial charge in [-0.05, 0) is 22.6 Å². The van der Waals surface area contributed by atoms with Crippen LogP contribution in [0, 0.1) is 10.1 Å². The Hall–Kier alpha value is -2.56. The molecule has 0 fully saturated rings. The van der Waals surface area contributed by atoms with Gasteiger partial charge in [-0.1, -0.05) is 45.0 Å². The molecule has 122 valence electrons. The van der Waals surface area contributed by atoms with Crippen molar-refractivity contribution in [2.24, 2.45) is 0 Å². The van der Waals surface area contributed by atoms with Crippen LogP contribution in [0.25, 0.3) is 0 Å². The van der Waals surface area contributed by atoms with Gasteiger partial charge in [-0.3, -0.25) is 10.1 Å². The molecule has 0 aliphatic heterocycles. The van der Waals surface area contributed by atoms with E-state index in [0.717, 1.165) is 5.56 Å². The smallest absolute Gasteiger partial charge is 0.273 e. The summed E-state index contributed by atoms with van der Waals surface area (Å²) in [7, 11) is 1.51. The van der Waals surface area contributed by atoms with Crippen molar-refractivity contribution >= 4 is 5.69 Å². The minimum absolute atomic E-state index is 0.0242. The van der Waals surface area contributed by atoms with Gasteiger partial charge in [-0.2, -0.15) is 0 Å². The van der Waals surface area contributed by atoms with Crippen molar-refractivity contribution in [1.29, 1.82) is 0 Å². The van der Waals surface area contributed by atoms with Gasteiger partial charge in [-0.15, -0.1) is 0 Å². The van der Waals surface area contributed by atoms with Crippen molar-refractivity contribution in [3.63, 3.8) is 0 Å². The topological polar surface area (TPSA) is 61.6 Å². The van der Waals surface area contributed by atoms with Crippen LogP contribution in [0.2, 0.25) is 0 Å². The van der Waals surface area contributed by atoms with E-state index >= 15 is 0 Å². The Bertz CT molecular complexity index is 687. The Labute approximate surface area is 136 Å². The highest BCUT2D eigenvalue weighted by Gasteiger charge is 2.14. The normalized spacial score (nSPS) is 11.1. The van der Waals surface area contributed by atoms with Gasteiger partial charge >= 0.3 is 0 Å². The second kappa shape index (κ2) is 6.69. The first-order valence-corrected chi connectivity index (χ1v) is 7.36. The first-order chi connectivity index (χ1) is 10.8. The van der Waals surface area contributed by atoms with Crippen LogP contribution in [0.15, 0.2) is 42.5 Å². The third kappa shape index (κ3) is 4.22. The van der Waals surface area contributed by atoms with Crippen molar-refractivity contribution in [3.05, 3.63) is 63.7 Å². The molecule has 0 radical (unpaired) electrons. The molecular formula is C18H21NO4. The lowest BCUT2D eigenvalue weighted by Crippen LogP contribution is -2.10. The molecule has 0 saturated heterocycles. The molecule has 0 heterocycles. The summed E-state index contributed by atoms with van der Waals surface area (Å²) in [5, 5.41) is 10.9. The number of nitrogens with zero attached hydrogens (tertiary/aromatic N) is 1. The van der Waals surface area contributed by atoms with Gasteiger partial charge < -0.3 is 9.47 Å². The summed E-state index contributed by atoms with van der Waals surface area (Å²) < 4.78 is 10.9. The zero-order valence-electron chi connectivity index (χ0n) is 13.8. The predicted octanol–water partition coefficient (Wildman–Crippen LogP) is 4.48. The number of non-ortho nitro benzene ring substituents is 1. The van der Waals surface area contributed by atoms with Gasteiger partial charge in [0, 0.05) is 6.07 Å². The Morgan fingerprint density at radius 1 is 1.04 bits per heavy atom. The maximum atomic E-state index is 10.9. The summed E-state index contributed by atoms with van der Waals surface area (Å²) in [6, 6.07) is 12.5. The highest BCUT2D eigenvalue weighted by atomic mass is 16.6. The molecule has 0 atom stereocenters. The lowest BCUT2D eigenvalue weighted by Gasteiger charge is -2.19. The van der Waals surface area contributed by atoms with E-state index in [-0.39, 0.29) is 11.1 Å². The largest absolute Gasteiger partial charge is 0.493 e. The molecule has 0 N–H and O–H groups in total. The lowest BCUT2D eigenvalue weighted by atomic mass is 9.87. The number of benzene rings is 2. The van der Waals surface area contributed by atoms with Gasteiger partial charge in [0.2, 0.25) is 0 Å². The number of ether oxygens (including phenoxy) is 2. The third-order valence-electron chi connectivity index (χ3n) is 3.57. The van der Waals surface area contributed by atoms with Crippen molar-refractivity contribution in [1.82, 2.24) is 0 Å². The van der Waals surface area contributed by atoms with E-state index in [1.165, 1.54) is 30.9 Å². The zero-order valence-corrected chi connectivity index (χ0v) is 13.8. The molecule has 0 aliphatic carbocycles. The van der Waals surface area contributed by atoms with Crippen molar-refractivity contribution in [3.8, 4) is 11.5 Å². The molecule has 5 nitrogen and oxygen atoms in total. The minimum Gasteiger partial charge on any atom is -0.493 e. The van der Waals surface area contributed by atoms with E-state index in [2.05, 4.69) is 32.9 Å². The van der Waals surface area contributed by atoms with E-state index in [9.17, 15) is 10.1 Å². The zero-order chi connectivity index (χ0) is 17.0. The summed E-state index contributed by atoms with van der Waals surface area (Å²) >= 11 is 0. The van der Waals surface area contributed by atoms with E-state index in [4.69, 9.17) is 9.47 Å². The maximum absolute atomic E-state index is 10.9. The molecule has 0 aliphatic rings. The van der Waals surface area contributed by atoms with Crippen LogP contribution in [0.3, 0.4) is 0 Å².